The second-order valence-electron chi connectivity index (χ2n) is 5.63. The fourth-order valence-corrected chi connectivity index (χ4v) is 2.11. The minimum Gasteiger partial charge on any atom is -0.482 e. The number of rotatable bonds is 6. The lowest BCUT2D eigenvalue weighted by Crippen LogP contribution is -2.28. The van der Waals surface area contributed by atoms with Gasteiger partial charge in [0.15, 0.2) is 6.61 Å². The van der Waals surface area contributed by atoms with Gasteiger partial charge in [-0.2, -0.15) is 0 Å². The molecule has 0 atom stereocenters. The molecule has 0 saturated heterocycles. The van der Waals surface area contributed by atoms with Gasteiger partial charge < -0.3 is 26.0 Å². The van der Waals surface area contributed by atoms with Gasteiger partial charge in [-0.3, -0.25) is 4.79 Å². The highest BCUT2D eigenvalue weighted by Gasteiger charge is 2.17. The van der Waals surface area contributed by atoms with E-state index in [-0.39, 0.29) is 12.5 Å². The van der Waals surface area contributed by atoms with Gasteiger partial charge in [0, 0.05) is 18.7 Å². The van der Waals surface area contributed by atoms with Crippen molar-refractivity contribution in [2.45, 2.75) is 26.3 Å². The number of amides is 1. The summed E-state index contributed by atoms with van der Waals surface area (Å²) in [4.78, 5) is 13.6. The van der Waals surface area contributed by atoms with Crippen LogP contribution < -0.4 is 21.1 Å². The Morgan fingerprint density at radius 1 is 1.48 bits per heavy atom. The quantitative estimate of drug-likeness (QED) is 0.550. The Balaban J connectivity index is 1.91. The Labute approximate surface area is 125 Å². The van der Waals surface area contributed by atoms with Gasteiger partial charge in [-0.05, 0) is 39.9 Å². The first-order chi connectivity index (χ1) is 9.97. The van der Waals surface area contributed by atoms with Gasteiger partial charge in [0.1, 0.15) is 5.75 Å². The van der Waals surface area contributed by atoms with Crippen LogP contribution in [0.3, 0.4) is 0 Å². The minimum atomic E-state index is -0.142. The van der Waals surface area contributed by atoms with Gasteiger partial charge in [-0.25, -0.2) is 0 Å². The number of carbonyl (C=O) groups excluding carboxylic acids is 1. The summed E-state index contributed by atoms with van der Waals surface area (Å²) in [5.74, 6) is 0.481. The molecule has 1 aliphatic rings. The van der Waals surface area contributed by atoms with Gasteiger partial charge in [0.2, 0.25) is 0 Å². The van der Waals surface area contributed by atoms with Crippen molar-refractivity contribution in [1.82, 2.24) is 4.90 Å². The fourth-order valence-electron chi connectivity index (χ4n) is 2.11. The van der Waals surface area contributed by atoms with Crippen LogP contribution >= 0.6 is 0 Å². The molecular formula is C15H24N4O2. The van der Waals surface area contributed by atoms with Crippen LogP contribution in [0.2, 0.25) is 0 Å². The molecule has 1 amide bonds. The zero-order valence-corrected chi connectivity index (χ0v) is 12.9. The molecule has 0 unspecified atom stereocenters. The van der Waals surface area contributed by atoms with Gasteiger partial charge >= 0.3 is 0 Å². The van der Waals surface area contributed by atoms with Crippen molar-refractivity contribution in [3.05, 3.63) is 12.1 Å². The fraction of sp³-hybridized carbons (Fsp3) is 0.533. The maximum absolute atomic E-state index is 11.3. The summed E-state index contributed by atoms with van der Waals surface area (Å²) in [6, 6.07) is 4.12. The highest BCUT2D eigenvalue weighted by Crippen LogP contribution is 2.35. The Kier molecular flexibility index (Phi) is 4.90. The van der Waals surface area contributed by atoms with Crippen LogP contribution in [-0.2, 0) is 4.79 Å². The van der Waals surface area contributed by atoms with Crippen molar-refractivity contribution in [2.75, 3.05) is 43.1 Å². The first-order valence-corrected chi connectivity index (χ1v) is 7.27. The average Bonchev–Trinajstić information content (AvgIpc) is 2.43. The number of nitrogens with zero attached hydrogens (tertiary/aromatic N) is 1. The van der Waals surface area contributed by atoms with Gasteiger partial charge in [-0.1, -0.05) is 0 Å². The summed E-state index contributed by atoms with van der Waals surface area (Å²) in [7, 11) is 2.12. The standard InChI is InChI=1S/C15H24N4O2/c1-10(2)19(3)6-4-5-17-12-8-13-14(7-11(12)16)21-9-15(20)18-13/h7-8,10,17H,4-6,9,16H2,1-3H3,(H,18,20). The molecule has 0 fully saturated rings. The van der Waals surface area contributed by atoms with Crippen LogP contribution in [0.1, 0.15) is 20.3 Å². The highest BCUT2D eigenvalue weighted by atomic mass is 16.5. The van der Waals surface area contributed by atoms with Crippen LogP contribution in [0.4, 0.5) is 17.1 Å². The van der Waals surface area contributed by atoms with Crippen LogP contribution in [0.15, 0.2) is 12.1 Å². The molecule has 0 spiro atoms. The smallest absolute Gasteiger partial charge is 0.262 e. The molecule has 0 radical (unpaired) electrons. The van der Waals surface area contributed by atoms with Crippen molar-refractivity contribution in [3.63, 3.8) is 0 Å². The number of benzene rings is 1. The monoisotopic (exact) mass is 292 g/mol. The molecule has 0 saturated carbocycles. The Morgan fingerprint density at radius 3 is 2.95 bits per heavy atom. The van der Waals surface area contributed by atoms with Crippen molar-refractivity contribution in [1.29, 1.82) is 0 Å². The van der Waals surface area contributed by atoms with Crippen LogP contribution in [0, 0.1) is 0 Å². The van der Waals surface area contributed by atoms with E-state index in [4.69, 9.17) is 10.5 Å². The number of carbonyl (C=O) groups is 1. The summed E-state index contributed by atoms with van der Waals surface area (Å²) in [6.45, 7) is 6.25. The first-order valence-electron chi connectivity index (χ1n) is 7.27. The molecule has 6 nitrogen and oxygen atoms in total. The molecule has 1 aromatic carbocycles. The molecule has 21 heavy (non-hydrogen) atoms. The minimum absolute atomic E-state index is 0.0424. The molecule has 6 heteroatoms. The van der Waals surface area contributed by atoms with E-state index < -0.39 is 0 Å². The predicted molar refractivity (Wildman–Crippen MR) is 85.9 cm³/mol. The number of nitrogens with one attached hydrogen (secondary N) is 2. The van der Waals surface area contributed by atoms with E-state index in [2.05, 4.69) is 36.4 Å². The molecule has 4 N–H and O–H groups in total. The summed E-state index contributed by atoms with van der Waals surface area (Å²) < 4.78 is 5.33. The summed E-state index contributed by atoms with van der Waals surface area (Å²) in [5, 5.41) is 6.10. The predicted octanol–water partition coefficient (Wildman–Crippen LogP) is 1.74. The third-order valence-electron chi connectivity index (χ3n) is 3.67. The van der Waals surface area contributed by atoms with Crippen LogP contribution in [0.25, 0.3) is 0 Å². The van der Waals surface area contributed by atoms with Crippen molar-refractivity contribution < 1.29 is 9.53 Å². The number of nitrogens with two attached hydrogens (primary N) is 1. The van der Waals surface area contributed by atoms with Crippen molar-refractivity contribution in [2.24, 2.45) is 0 Å². The molecular weight excluding hydrogens is 268 g/mol. The second-order valence-corrected chi connectivity index (χ2v) is 5.63. The van der Waals surface area contributed by atoms with Crippen LogP contribution in [0.5, 0.6) is 5.75 Å². The van der Waals surface area contributed by atoms with E-state index in [1.54, 1.807) is 6.07 Å². The summed E-state index contributed by atoms with van der Waals surface area (Å²) in [6.07, 6.45) is 1.02. The Hall–Kier alpha value is -1.95. The van der Waals surface area contributed by atoms with E-state index in [0.29, 0.717) is 23.2 Å². The van der Waals surface area contributed by atoms with E-state index in [1.807, 2.05) is 6.07 Å². The number of hydrogen-bond acceptors (Lipinski definition) is 5. The third-order valence-corrected chi connectivity index (χ3v) is 3.67. The summed E-state index contributed by atoms with van der Waals surface area (Å²) in [5.41, 5.74) is 8.13. The molecule has 0 aromatic heterocycles. The van der Waals surface area contributed by atoms with Crippen LogP contribution in [-0.4, -0.2) is 43.6 Å². The topological polar surface area (TPSA) is 79.6 Å². The average molecular weight is 292 g/mol. The number of hydrogen-bond donors (Lipinski definition) is 3. The second kappa shape index (κ2) is 6.67. The SMILES string of the molecule is CC(C)N(C)CCCNc1cc2c(cc1N)OCC(=O)N2. The van der Waals surface area contributed by atoms with Crippen molar-refractivity contribution >= 4 is 23.0 Å². The van der Waals surface area contributed by atoms with Gasteiger partial charge in [-0.15, -0.1) is 0 Å². The maximum Gasteiger partial charge on any atom is 0.262 e. The van der Waals surface area contributed by atoms with E-state index >= 15 is 0 Å². The lowest BCUT2D eigenvalue weighted by molar-refractivity contribution is -0.118. The molecule has 116 valence electrons. The van der Waals surface area contributed by atoms with E-state index in [9.17, 15) is 4.79 Å². The zero-order chi connectivity index (χ0) is 15.4. The van der Waals surface area contributed by atoms with E-state index in [1.165, 1.54) is 0 Å². The van der Waals surface area contributed by atoms with Crippen molar-refractivity contribution in [3.8, 4) is 5.75 Å². The molecule has 1 aromatic rings. The number of ether oxygens (including phenoxy) is 1. The number of anilines is 3. The molecule has 0 aliphatic carbocycles. The molecule has 1 heterocycles. The Morgan fingerprint density at radius 2 is 2.24 bits per heavy atom. The molecule has 0 bridgehead atoms. The summed E-state index contributed by atoms with van der Waals surface area (Å²) >= 11 is 0. The molecule has 1 aliphatic heterocycles. The number of nitrogen functional groups attached to an aromatic ring is 1. The maximum atomic E-state index is 11.3. The van der Waals surface area contributed by atoms with Gasteiger partial charge in [0.25, 0.3) is 5.91 Å². The Bertz CT molecular complexity index is 517. The highest BCUT2D eigenvalue weighted by molar-refractivity contribution is 5.97. The van der Waals surface area contributed by atoms with Gasteiger partial charge in [0.05, 0.1) is 17.1 Å². The largest absolute Gasteiger partial charge is 0.482 e. The normalized spacial score (nSPS) is 13.9. The third kappa shape index (κ3) is 4.01. The zero-order valence-electron chi connectivity index (χ0n) is 12.9. The lowest BCUT2D eigenvalue weighted by atomic mass is 10.2. The number of fused-ring (bicyclic) bond motifs is 1. The van der Waals surface area contributed by atoms with E-state index in [0.717, 1.165) is 25.2 Å². The lowest BCUT2D eigenvalue weighted by Gasteiger charge is -2.22. The molecule has 2 rings (SSSR count). The first kappa shape index (κ1) is 15.4.